The van der Waals surface area contributed by atoms with Gasteiger partial charge in [-0.25, -0.2) is 4.39 Å². The lowest BCUT2D eigenvalue weighted by molar-refractivity contribution is 0.0752. The molecule has 0 heterocycles. The van der Waals surface area contributed by atoms with Gasteiger partial charge in [0.2, 0.25) is 0 Å². The SMILES string of the molecule is CCN(C[C@@H](C)C#N)C(=O)c1ccc(F)cc1. The maximum atomic E-state index is 12.7. The first-order valence-electron chi connectivity index (χ1n) is 5.53. The predicted octanol–water partition coefficient (Wildman–Crippen LogP) is 2.45. The van der Waals surface area contributed by atoms with E-state index in [0.29, 0.717) is 18.7 Å². The van der Waals surface area contributed by atoms with Crippen LogP contribution in [-0.2, 0) is 0 Å². The molecule has 1 rings (SSSR count). The Hall–Kier alpha value is -1.89. The van der Waals surface area contributed by atoms with Crippen LogP contribution in [0.1, 0.15) is 24.2 Å². The third-order valence-electron chi connectivity index (χ3n) is 2.47. The van der Waals surface area contributed by atoms with E-state index in [-0.39, 0.29) is 17.6 Å². The van der Waals surface area contributed by atoms with Crippen molar-refractivity contribution < 1.29 is 9.18 Å². The third-order valence-corrected chi connectivity index (χ3v) is 2.47. The van der Waals surface area contributed by atoms with Crippen molar-refractivity contribution >= 4 is 5.91 Å². The average Bonchev–Trinajstić information content (AvgIpc) is 2.35. The van der Waals surface area contributed by atoms with Gasteiger partial charge in [0, 0.05) is 18.7 Å². The molecule has 3 nitrogen and oxygen atoms in total. The summed E-state index contributed by atoms with van der Waals surface area (Å²) in [5.74, 6) is -0.746. The molecule has 0 fully saturated rings. The van der Waals surface area contributed by atoms with Gasteiger partial charge in [-0.2, -0.15) is 5.26 Å². The summed E-state index contributed by atoms with van der Waals surface area (Å²) in [5, 5.41) is 8.73. The van der Waals surface area contributed by atoms with Crippen molar-refractivity contribution in [2.24, 2.45) is 5.92 Å². The Balaban J connectivity index is 2.79. The molecule has 1 amide bonds. The number of carbonyl (C=O) groups excluding carboxylic acids is 1. The summed E-state index contributed by atoms with van der Waals surface area (Å²) in [5.41, 5.74) is 0.443. The van der Waals surface area contributed by atoms with Crippen molar-refractivity contribution in [3.8, 4) is 6.07 Å². The Kier molecular flexibility index (Phi) is 4.65. The lowest BCUT2D eigenvalue weighted by atomic mass is 10.1. The van der Waals surface area contributed by atoms with Crippen molar-refractivity contribution in [3.63, 3.8) is 0 Å². The number of rotatable bonds is 4. The van der Waals surface area contributed by atoms with Crippen LogP contribution in [0.4, 0.5) is 4.39 Å². The van der Waals surface area contributed by atoms with Gasteiger partial charge in [0.05, 0.1) is 12.0 Å². The van der Waals surface area contributed by atoms with Gasteiger partial charge in [-0.1, -0.05) is 0 Å². The highest BCUT2D eigenvalue weighted by molar-refractivity contribution is 5.94. The van der Waals surface area contributed by atoms with Gasteiger partial charge in [0.1, 0.15) is 5.82 Å². The Morgan fingerprint density at radius 1 is 1.47 bits per heavy atom. The molecule has 0 radical (unpaired) electrons. The van der Waals surface area contributed by atoms with Crippen LogP contribution in [0.15, 0.2) is 24.3 Å². The van der Waals surface area contributed by atoms with Gasteiger partial charge in [0.25, 0.3) is 5.91 Å². The summed E-state index contributed by atoms with van der Waals surface area (Å²) >= 11 is 0. The Bertz CT molecular complexity index is 422. The number of carbonyl (C=O) groups is 1. The standard InChI is InChI=1S/C13H15FN2O/c1-3-16(9-10(2)8-15)13(17)11-4-6-12(14)7-5-11/h4-7,10H,3,9H2,1-2H3/t10-/m0/s1. The van der Waals surface area contributed by atoms with Crippen LogP contribution < -0.4 is 0 Å². The van der Waals surface area contributed by atoms with Gasteiger partial charge in [-0.3, -0.25) is 4.79 Å². The first-order chi connectivity index (χ1) is 8.08. The van der Waals surface area contributed by atoms with E-state index in [1.165, 1.54) is 24.3 Å². The van der Waals surface area contributed by atoms with Gasteiger partial charge in [0.15, 0.2) is 0 Å². The minimum Gasteiger partial charge on any atom is -0.338 e. The van der Waals surface area contributed by atoms with E-state index in [2.05, 4.69) is 6.07 Å². The third kappa shape index (κ3) is 3.56. The van der Waals surface area contributed by atoms with Crippen LogP contribution in [-0.4, -0.2) is 23.9 Å². The van der Waals surface area contributed by atoms with Crippen molar-refractivity contribution in [3.05, 3.63) is 35.6 Å². The molecule has 17 heavy (non-hydrogen) atoms. The number of halogens is 1. The van der Waals surface area contributed by atoms with E-state index in [1.54, 1.807) is 11.8 Å². The highest BCUT2D eigenvalue weighted by Gasteiger charge is 2.16. The number of benzene rings is 1. The zero-order chi connectivity index (χ0) is 12.8. The van der Waals surface area contributed by atoms with Crippen molar-refractivity contribution in [1.82, 2.24) is 4.90 Å². The number of hydrogen-bond acceptors (Lipinski definition) is 2. The molecule has 0 saturated heterocycles. The molecule has 0 unspecified atom stereocenters. The molecule has 0 aromatic heterocycles. The van der Waals surface area contributed by atoms with Gasteiger partial charge in [-0.05, 0) is 38.1 Å². The Labute approximate surface area is 100 Å². The molecule has 1 aromatic carbocycles. The topological polar surface area (TPSA) is 44.1 Å². The molecule has 0 aliphatic heterocycles. The summed E-state index contributed by atoms with van der Waals surface area (Å²) in [6.07, 6.45) is 0. The fraction of sp³-hybridized carbons (Fsp3) is 0.385. The van der Waals surface area contributed by atoms with Crippen molar-refractivity contribution in [2.75, 3.05) is 13.1 Å². The number of nitrogens with zero attached hydrogens (tertiary/aromatic N) is 2. The first kappa shape index (κ1) is 13.2. The second-order valence-electron chi connectivity index (χ2n) is 3.88. The van der Waals surface area contributed by atoms with Crippen molar-refractivity contribution in [1.29, 1.82) is 5.26 Å². The lowest BCUT2D eigenvalue weighted by Gasteiger charge is -2.21. The van der Waals surface area contributed by atoms with Crippen LogP contribution in [0.3, 0.4) is 0 Å². The molecule has 1 aromatic rings. The van der Waals surface area contributed by atoms with E-state index in [9.17, 15) is 9.18 Å². The second-order valence-corrected chi connectivity index (χ2v) is 3.88. The molecule has 4 heteroatoms. The highest BCUT2D eigenvalue weighted by Crippen LogP contribution is 2.08. The van der Waals surface area contributed by atoms with Gasteiger partial charge < -0.3 is 4.90 Å². The maximum Gasteiger partial charge on any atom is 0.253 e. The molecule has 0 aliphatic carbocycles. The van der Waals surface area contributed by atoms with Gasteiger partial charge >= 0.3 is 0 Å². The Morgan fingerprint density at radius 2 is 2.06 bits per heavy atom. The highest BCUT2D eigenvalue weighted by atomic mass is 19.1. The van der Waals surface area contributed by atoms with Crippen LogP contribution >= 0.6 is 0 Å². The summed E-state index contributed by atoms with van der Waals surface area (Å²) in [6.45, 7) is 4.54. The van der Waals surface area contributed by atoms with E-state index >= 15 is 0 Å². The molecule has 0 aliphatic rings. The van der Waals surface area contributed by atoms with Crippen LogP contribution in [0, 0.1) is 23.1 Å². The number of hydrogen-bond donors (Lipinski definition) is 0. The molecule has 0 bridgehead atoms. The predicted molar refractivity (Wildman–Crippen MR) is 62.8 cm³/mol. The van der Waals surface area contributed by atoms with Crippen LogP contribution in [0.25, 0.3) is 0 Å². The van der Waals surface area contributed by atoms with Crippen LogP contribution in [0.5, 0.6) is 0 Å². The van der Waals surface area contributed by atoms with Crippen LogP contribution in [0.2, 0.25) is 0 Å². The number of nitriles is 1. The number of amides is 1. The van der Waals surface area contributed by atoms with Crippen molar-refractivity contribution in [2.45, 2.75) is 13.8 Å². The summed E-state index contributed by atoms with van der Waals surface area (Å²) < 4.78 is 12.7. The normalized spacial score (nSPS) is 11.6. The largest absolute Gasteiger partial charge is 0.338 e. The fourth-order valence-corrected chi connectivity index (χ4v) is 1.50. The second kappa shape index (κ2) is 6.00. The summed E-state index contributed by atoms with van der Waals surface area (Å²) in [4.78, 5) is 13.6. The smallest absolute Gasteiger partial charge is 0.253 e. The zero-order valence-electron chi connectivity index (χ0n) is 9.98. The minimum absolute atomic E-state index is 0.172. The van der Waals surface area contributed by atoms with E-state index in [0.717, 1.165) is 0 Å². The maximum absolute atomic E-state index is 12.7. The van der Waals surface area contributed by atoms with E-state index in [1.807, 2.05) is 6.92 Å². The molecule has 1 atom stereocenters. The van der Waals surface area contributed by atoms with E-state index < -0.39 is 0 Å². The lowest BCUT2D eigenvalue weighted by Crippen LogP contribution is -2.34. The first-order valence-corrected chi connectivity index (χ1v) is 5.53. The zero-order valence-corrected chi connectivity index (χ0v) is 9.98. The van der Waals surface area contributed by atoms with Gasteiger partial charge in [-0.15, -0.1) is 0 Å². The molecule has 0 saturated carbocycles. The quantitative estimate of drug-likeness (QED) is 0.803. The van der Waals surface area contributed by atoms with E-state index in [4.69, 9.17) is 5.26 Å². The minimum atomic E-state index is -0.366. The Morgan fingerprint density at radius 3 is 2.53 bits per heavy atom. The monoisotopic (exact) mass is 234 g/mol. The molecular formula is C13H15FN2O. The molecule has 0 spiro atoms. The molecule has 0 N–H and O–H groups in total. The summed E-state index contributed by atoms with van der Waals surface area (Å²) in [7, 11) is 0. The molecule has 90 valence electrons. The molecular weight excluding hydrogens is 219 g/mol. The summed E-state index contributed by atoms with van der Waals surface area (Å²) in [6, 6.07) is 7.52. The average molecular weight is 234 g/mol. The fourth-order valence-electron chi connectivity index (χ4n) is 1.50.